The van der Waals surface area contributed by atoms with Crippen molar-refractivity contribution in [2.24, 2.45) is 0 Å². The summed E-state index contributed by atoms with van der Waals surface area (Å²) < 4.78 is 12.0. The van der Waals surface area contributed by atoms with Crippen molar-refractivity contribution in [3.05, 3.63) is 89.3 Å². The summed E-state index contributed by atoms with van der Waals surface area (Å²) in [6, 6.07) is 26.2. The lowest BCUT2D eigenvalue weighted by atomic mass is 9.87. The van der Waals surface area contributed by atoms with E-state index in [-0.39, 0.29) is 23.7 Å². The van der Waals surface area contributed by atoms with E-state index in [4.69, 9.17) is 14.5 Å². The van der Waals surface area contributed by atoms with Crippen LogP contribution in [-0.4, -0.2) is 40.9 Å². The van der Waals surface area contributed by atoms with Gasteiger partial charge in [-0.2, -0.15) is 17.0 Å². The molecule has 0 aliphatic heterocycles. The zero-order chi connectivity index (χ0) is 30.7. The van der Waals surface area contributed by atoms with Gasteiger partial charge in [-0.25, -0.2) is 4.98 Å². The highest BCUT2D eigenvalue weighted by Gasteiger charge is 2.21. The standard InChI is InChI=1S/C35H38N2O3S3/c1-5-6-18-41-23-28(22-39-27-16-14-26(15-17-27)35(2,3)4)40-33(38)24-43-34-30(21-36)29(25-11-8-7-9-12-25)20-31(37-34)32-13-10-19-42-32/h7-17,19-20,28H,5-6,18,22-24H2,1-4H3. The average Bonchev–Trinajstić information content (AvgIpc) is 3.56. The minimum absolute atomic E-state index is 0.0419. The first-order chi connectivity index (χ1) is 20.8. The molecule has 0 radical (unpaired) electrons. The van der Waals surface area contributed by atoms with Gasteiger partial charge in [-0.05, 0) is 58.4 Å². The number of thioether (sulfide) groups is 2. The van der Waals surface area contributed by atoms with E-state index in [0.29, 0.717) is 16.3 Å². The van der Waals surface area contributed by atoms with Crippen LogP contribution in [0.15, 0.2) is 83.2 Å². The zero-order valence-corrected chi connectivity index (χ0v) is 27.6. The molecule has 1 atom stereocenters. The molecule has 0 aliphatic carbocycles. The number of carbonyl (C=O) groups excluding carboxylic acids is 1. The van der Waals surface area contributed by atoms with Crippen LogP contribution in [0.3, 0.4) is 0 Å². The summed E-state index contributed by atoms with van der Waals surface area (Å²) in [6.07, 6.45) is 1.84. The van der Waals surface area contributed by atoms with Crippen molar-refractivity contribution in [3.63, 3.8) is 0 Å². The summed E-state index contributed by atoms with van der Waals surface area (Å²) in [6.45, 7) is 8.98. The van der Waals surface area contributed by atoms with Crippen molar-refractivity contribution >= 4 is 40.8 Å². The number of aromatic nitrogens is 1. The van der Waals surface area contributed by atoms with Crippen LogP contribution in [0.1, 0.15) is 51.7 Å². The molecule has 43 heavy (non-hydrogen) atoms. The molecule has 0 spiro atoms. The van der Waals surface area contributed by atoms with Crippen LogP contribution in [0.4, 0.5) is 0 Å². The molecule has 4 aromatic rings. The molecule has 0 aliphatic rings. The van der Waals surface area contributed by atoms with Crippen LogP contribution in [0.25, 0.3) is 21.7 Å². The van der Waals surface area contributed by atoms with Gasteiger partial charge in [0.1, 0.15) is 29.6 Å². The van der Waals surface area contributed by atoms with Crippen molar-refractivity contribution in [1.82, 2.24) is 4.98 Å². The van der Waals surface area contributed by atoms with E-state index in [2.05, 4.69) is 45.9 Å². The van der Waals surface area contributed by atoms with Crippen molar-refractivity contribution in [2.75, 3.05) is 23.9 Å². The van der Waals surface area contributed by atoms with Crippen molar-refractivity contribution in [3.8, 4) is 33.5 Å². The molecular formula is C35H38N2O3S3. The molecule has 224 valence electrons. The van der Waals surface area contributed by atoms with Gasteiger partial charge in [-0.15, -0.1) is 11.3 Å². The largest absolute Gasteiger partial charge is 0.490 e. The number of hydrogen-bond acceptors (Lipinski definition) is 8. The summed E-state index contributed by atoms with van der Waals surface area (Å²) in [5, 5.41) is 12.7. The van der Waals surface area contributed by atoms with Gasteiger partial charge < -0.3 is 9.47 Å². The topological polar surface area (TPSA) is 72.2 Å². The van der Waals surface area contributed by atoms with Gasteiger partial charge in [-0.3, -0.25) is 4.79 Å². The van der Waals surface area contributed by atoms with E-state index >= 15 is 0 Å². The molecule has 0 bridgehead atoms. The number of rotatable bonds is 14. The van der Waals surface area contributed by atoms with Crippen molar-refractivity contribution in [1.29, 1.82) is 5.26 Å². The molecule has 2 aromatic heterocycles. The molecule has 0 fully saturated rings. The highest BCUT2D eigenvalue weighted by molar-refractivity contribution is 8.00. The average molecular weight is 631 g/mol. The first kappa shape index (κ1) is 32.7. The summed E-state index contributed by atoms with van der Waals surface area (Å²) >= 11 is 4.60. The van der Waals surface area contributed by atoms with Crippen LogP contribution in [0.5, 0.6) is 5.75 Å². The highest BCUT2D eigenvalue weighted by Crippen LogP contribution is 2.35. The molecule has 1 unspecified atom stereocenters. The third-order valence-electron chi connectivity index (χ3n) is 6.68. The maximum absolute atomic E-state index is 13.1. The van der Waals surface area contributed by atoms with Gasteiger partial charge in [0.25, 0.3) is 0 Å². The number of pyridine rings is 1. The van der Waals surface area contributed by atoms with Crippen LogP contribution in [-0.2, 0) is 14.9 Å². The molecule has 5 nitrogen and oxygen atoms in total. The molecule has 0 N–H and O–H groups in total. The number of nitrogens with zero attached hydrogens (tertiary/aromatic N) is 2. The summed E-state index contributed by atoms with van der Waals surface area (Å²) in [4.78, 5) is 18.9. The van der Waals surface area contributed by atoms with E-state index in [9.17, 15) is 10.1 Å². The zero-order valence-electron chi connectivity index (χ0n) is 25.2. The Morgan fingerprint density at radius 1 is 1.07 bits per heavy atom. The molecule has 0 saturated heterocycles. The summed E-state index contributed by atoms with van der Waals surface area (Å²) in [5.41, 5.74) is 4.26. The minimum atomic E-state index is -0.391. The van der Waals surface area contributed by atoms with E-state index < -0.39 is 6.10 Å². The van der Waals surface area contributed by atoms with Gasteiger partial charge in [0.15, 0.2) is 0 Å². The van der Waals surface area contributed by atoms with Crippen molar-refractivity contribution in [2.45, 2.75) is 57.1 Å². The molecular weight excluding hydrogens is 593 g/mol. The monoisotopic (exact) mass is 630 g/mol. The van der Waals surface area contributed by atoms with E-state index in [0.717, 1.165) is 46.0 Å². The molecule has 0 amide bonds. The lowest BCUT2D eigenvalue weighted by Gasteiger charge is -2.21. The summed E-state index contributed by atoms with van der Waals surface area (Å²) in [5.74, 6) is 2.10. The number of nitriles is 1. The Hall–Kier alpha value is -3.25. The third-order valence-corrected chi connectivity index (χ3v) is 9.71. The molecule has 8 heteroatoms. The van der Waals surface area contributed by atoms with Crippen LogP contribution >= 0.6 is 34.9 Å². The predicted octanol–water partition coefficient (Wildman–Crippen LogP) is 9.26. The smallest absolute Gasteiger partial charge is 0.316 e. The maximum Gasteiger partial charge on any atom is 0.316 e. The number of carbonyl (C=O) groups is 1. The normalized spacial score (nSPS) is 12.0. The maximum atomic E-state index is 13.1. The van der Waals surface area contributed by atoms with Gasteiger partial charge in [-0.1, -0.05) is 94.4 Å². The van der Waals surface area contributed by atoms with Crippen LogP contribution < -0.4 is 4.74 Å². The Labute approximate surface area is 268 Å². The highest BCUT2D eigenvalue weighted by atomic mass is 32.2. The number of thiophene rings is 1. The predicted molar refractivity (Wildman–Crippen MR) is 181 cm³/mol. The van der Waals surface area contributed by atoms with Gasteiger partial charge in [0, 0.05) is 11.3 Å². The van der Waals surface area contributed by atoms with E-state index in [1.54, 1.807) is 23.1 Å². The van der Waals surface area contributed by atoms with Gasteiger partial charge >= 0.3 is 5.97 Å². The number of unbranched alkanes of at least 4 members (excludes halogenated alkanes) is 1. The second kappa shape index (κ2) is 16.0. The van der Waals surface area contributed by atoms with Crippen LogP contribution in [0, 0.1) is 11.3 Å². The molecule has 4 rings (SSSR count). The van der Waals surface area contributed by atoms with Gasteiger partial charge in [0.05, 0.1) is 21.9 Å². The number of hydrogen-bond donors (Lipinski definition) is 0. The number of benzene rings is 2. The molecule has 2 aromatic carbocycles. The SMILES string of the molecule is CCCCSCC(COc1ccc(C(C)(C)C)cc1)OC(=O)CSc1nc(-c2cccs2)cc(-c2ccccc2)c1C#N. The lowest BCUT2D eigenvalue weighted by Crippen LogP contribution is -2.28. The molecule has 0 saturated carbocycles. The third kappa shape index (κ3) is 9.62. The lowest BCUT2D eigenvalue weighted by molar-refractivity contribution is -0.145. The Kier molecular flexibility index (Phi) is 12.2. The Bertz CT molecular complexity index is 1490. The number of esters is 1. The second-order valence-corrected chi connectivity index (χ2v) is 14.2. The Balaban J connectivity index is 1.47. The fourth-order valence-electron chi connectivity index (χ4n) is 4.29. The Morgan fingerprint density at radius 2 is 1.84 bits per heavy atom. The van der Waals surface area contributed by atoms with Crippen molar-refractivity contribution < 1.29 is 14.3 Å². The summed E-state index contributed by atoms with van der Waals surface area (Å²) in [7, 11) is 0. The minimum Gasteiger partial charge on any atom is -0.490 e. The second-order valence-electron chi connectivity index (χ2n) is 11.1. The fraction of sp³-hybridized carbons (Fsp3) is 0.343. The first-order valence-corrected chi connectivity index (χ1v) is 17.5. The quantitative estimate of drug-likeness (QED) is 0.0781. The molecule has 2 heterocycles. The number of ether oxygens (including phenoxy) is 2. The van der Waals surface area contributed by atoms with Crippen LogP contribution in [0.2, 0.25) is 0 Å². The van der Waals surface area contributed by atoms with E-state index in [1.165, 1.54) is 17.3 Å². The Morgan fingerprint density at radius 3 is 2.49 bits per heavy atom. The van der Waals surface area contributed by atoms with Gasteiger partial charge in [0.2, 0.25) is 0 Å². The van der Waals surface area contributed by atoms with E-state index in [1.807, 2.05) is 66.0 Å². The first-order valence-electron chi connectivity index (χ1n) is 14.5. The fourth-order valence-corrected chi connectivity index (χ4v) is 6.85.